The van der Waals surface area contributed by atoms with Crippen LogP contribution in [0, 0.1) is 17.9 Å². The van der Waals surface area contributed by atoms with Gasteiger partial charge in [-0.3, -0.25) is 0 Å². The molecule has 0 aliphatic heterocycles. The number of rotatable bonds is 11. The predicted molar refractivity (Wildman–Crippen MR) is 321 cm³/mol. The summed E-state index contributed by atoms with van der Waals surface area (Å²) in [5, 5.41) is 17.2. The van der Waals surface area contributed by atoms with Gasteiger partial charge in [0.2, 0.25) is 0 Å². The minimum absolute atomic E-state index is 0.536. The van der Waals surface area contributed by atoms with Crippen LogP contribution in [0.3, 0.4) is 0 Å². The topological polar surface area (TPSA) is 71.8 Å². The molecular weight excluding hydrogens is 965 g/mol. The second-order valence-corrected chi connectivity index (χ2v) is 23.2. The third-order valence-electron chi connectivity index (χ3n) is 14.8. The van der Waals surface area contributed by atoms with E-state index in [-0.39, 0.29) is 0 Å². The first-order chi connectivity index (χ1) is 38.5. The first-order valence-corrected chi connectivity index (χ1v) is 27.9. The number of hydrogen-bond donors (Lipinski definition) is 0. The number of benzene rings is 11. The van der Waals surface area contributed by atoms with Gasteiger partial charge in [-0.2, -0.15) is 5.26 Å². The Labute approximate surface area is 454 Å². The summed E-state index contributed by atoms with van der Waals surface area (Å²) < 4.78 is 2.35. The molecular formula is C71H46N6Si. The number of nitrogens with zero attached hydrogens (tertiary/aromatic N) is 6. The smallest absolute Gasteiger partial charge is 0.187 e. The van der Waals surface area contributed by atoms with Crippen molar-refractivity contribution in [1.29, 1.82) is 5.26 Å². The number of aromatic nitrogens is 4. The monoisotopic (exact) mass is 1010 g/mol. The van der Waals surface area contributed by atoms with Crippen LogP contribution in [-0.4, -0.2) is 27.6 Å². The summed E-state index contributed by atoms with van der Waals surface area (Å²) in [5.41, 5.74) is 12.6. The van der Waals surface area contributed by atoms with Crippen molar-refractivity contribution in [3.63, 3.8) is 0 Å². The van der Waals surface area contributed by atoms with Crippen molar-refractivity contribution in [1.82, 2.24) is 19.5 Å². The minimum atomic E-state index is -2.89. The summed E-state index contributed by atoms with van der Waals surface area (Å²) >= 11 is 0. The molecule has 7 heteroatoms. The highest BCUT2D eigenvalue weighted by Crippen LogP contribution is 2.41. The average molecular weight is 1010 g/mol. The van der Waals surface area contributed by atoms with Gasteiger partial charge in [0.15, 0.2) is 31.2 Å². The van der Waals surface area contributed by atoms with Crippen molar-refractivity contribution in [3.05, 3.63) is 296 Å². The molecule has 0 bridgehead atoms. The Hall–Kier alpha value is -10.6. The molecule has 0 spiro atoms. The average Bonchev–Trinajstić information content (AvgIpc) is 3.92. The molecule has 364 valence electrons. The maximum atomic E-state index is 9.94. The fraction of sp³-hybridized carbons (Fsp3) is 0. The Balaban J connectivity index is 1.10. The Morgan fingerprint density at radius 2 is 0.769 bits per heavy atom. The van der Waals surface area contributed by atoms with Gasteiger partial charge in [-0.1, -0.05) is 224 Å². The summed E-state index contributed by atoms with van der Waals surface area (Å²) in [6, 6.07) is 100. The second-order valence-electron chi connectivity index (χ2n) is 19.4. The van der Waals surface area contributed by atoms with Crippen LogP contribution >= 0.6 is 0 Å². The van der Waals surface area contributed by atoms with Gasteiger partial charge >= 0.3 is 0 Å². The molecule has 0 fully saturated rings. The Morgan fingerprint density at radius 1 is 0.359 bits per heavy atom. The van der Waals surface area contributed by atoms with Gasteiger partial charge in [0, 0.05) is 27.5 Å². The van der Waals surface area contributed by atoms with Crippen LogP contribution in [0.25, 0.3) is 99.9 Å². The van der Waals surface area contributed by atoms with Crippen LogP contribution in [0.5, 0.6) is 0 Å². The van der Waals surface area contributed by atoms with Crippen LogP contribution < -0.4 is 20.7 Å². The molecule has 0 saturated heterocycles. The number of nitriles is 1. The highest BCUT2D eigenvalue weighted by Gasteiger charge is 2.41. The fourth-order valence-corrected chi connectivity index (χ4v) is 16.0. The third-order valence-corrected chi connectivity index (χ3v) is 19.6. The maximum absolute atomic E-state index is 9.94. The van der Waals surface area contributed by atoms with Crippen molar-refractivity contribution in [2.24, 2.45) is 0 Å². The molecule has 78 heavy (non-hydrogen) atoms. The predicted octanol–water partition coefficient (Wildman–Crippen LogP) is 14.8. The quantitative estimate of drug-likeness (QED) is 0.0735. The highest BCUT2D eigenvalue weighted by atomic mass is 28.3. The molecule has 13 rings (SSSR count). The molecule has 11 aromatic carbocycles. The molecule has 13 aromatic rings. The van der Waals surface area contributed by atoms with Crippen LogP contribution in [-0.2, 0) is 0 Å². The van der Waals surface area contributed by atoms with Crippen LogP contribution in [0.2, 0.25) is 0 Å². The molecule has 0 saturated carbocycles. The van der Waals surface area contributed by atoms with E-state index < -0.39 is 8.07 Å². The Kier molecular flexibility index (Phi) is 12.3. The number of hydrogen-bond acceptors (Lipinski definition) is 4. The van der Waals surface area contributed by atoms with E-state index in [1.54, 1.807) is 0 Å². The molecule has 0 atom stereocenters. The maximum Gasteiger partial charge on any atom is 0.187 e. The highest BCUT2D eigenvalue weighted by molar-refractivity contribution is 7.19. The summed E-state index contributed by atoms with van der Waals surface area (Å²) in [5.74, 6) is 1.68. The third kappa shape index (κ3) is 8.53. The van der Waals surface area contributed by atoms with Crippen molar-refractivity contribution >= 4 is 56.3 Å². The SMILES string of the molecule is [C-]#[N+]c1cccc(-c2ccc3c(c2)c2cc(-c4cccc(C#N)c4)ccc2n3-c2cc(-c3cccc([Si](c4ccccc4)(c4ccccc4)c4ccccc4)c3)ccc2-c2nc(-c3ccccc3)nc(-c3ccccc3)n2)c1. The van der Waals surface area contributed by atoms with Crippen molar-refractivity contribution in [3.8, 4) is 79.3 Å². The molecule has 0 radical (unpaired) electrons. The zero-order valence-corrected chi connectivity index (χ0v) is 43.2. The van der Waals surface area contributed by atoms with Crippen LogP contribution in [0.4, 0.5) is 5.69 Å². The minimum Gasteiger partial charge on any atom is -0.308 e. The Morgan fingerprint density at radius 3 is 1.29 bits per heavy atom. The number of fused-ring (bicyclic) bond motifs is 3. The van der Waals surface area contributed by atoms with Gasteiger partial charge in [0.25, 0.3) is 0 Å². The molecule has 0 aliphatic rings. The van der Waals surface area contributed by atoms with Gasteiger partial charge in [-0.05, 0) is 109 Å². The first-order valence-electron chi connectivity index (χ1n) is 25.9. The van der Waals surface area contributed by atoms with Gasteiger partial charge in [-0.25, -0.2) is 19.8 Å². The van der Waals surface area contributed by atoms with Crippen molar-refractivity contribution in [2.45, 2.75) is 0 Å². The van der Waals surface area contributed by atoms with Crippen molar-refractivity contribution < 1.29 is 0 Å². The summed E-state index contributed by atoms with van der Waals surface area (Å²) in [6.45, 7) is 7.82. The van der Waals surface area contributed by atoms with Crippen molar-refractivity contribution in [2.75, 3.05) is 0 Å². The molecule has 0 unspecified atom stereocenters. The summed E-state index contributed by atoms with van der Waals surface area (Å²) in [4.78, 5) is 19.5. The summed E-state index contributed by atoms with van der Waals surface area (Å²) in [6.07, 6.45) is 0. The standard InChI is InChI=1S/C71H46N6Si/c1-73-58-28-18-26-53(43-58)56-38-41-67-65(46-56)64-45-55(52-25-17-20-49(42-52)48-72)37-40-66(64)77(67)68-47-57(36-39-63(68)71-75-69(50-21-7-2-8-22-50)74-70(76-71)51-23-9-3-10-24-51)54-27-19-35-62(44-54)78(59-29-11-4-12-30-59,60-31-13-5-14-32-60)61-33-15-6-16-34-61/h2-47H. The largest absolute Gasteiger partial charge is 0.308 e. The van der Waals surface area contributed by atoms with E-state index in [0.29, 0.717) is 28.7 Å². The molecule has 0 N–H and O–H groups in total. The van der Waals surface area contributed by atoms with Crippen LogP contribution in [0.15, 0.2) is 279 Å². The molecule has 6 nitrogen and oxygen atoms in total. The van der Waals surface area contributed by atoms with Gasteiger partial charge in [0.05, 0.1) is 34.9 Å². The fourth-order valence-electron chi connectivity index (χ4n) is 11.2. The van der Waals surface area contributed by atoms with Crippen LogP contribution in [0.1, 0.15) is 5.56 Å². The molecule has 2 aromatic heterocycles. The lowest BCUT2D eigenvalue weighted by atomic mass is 9.99. The normalized spacial score (nSPS) is 11.3. The lowest BCUT2D eigenvalue weighted by Crippen LogP contribution is -2.74. The van der Waals surface area contributed by atoms with E-state index >= 15 is 0 Å². The van der Waals surface area contributed by atoms with E-state index in [4.69, 9.17) is 21.5 Å². The Bertz CT molecular complexity index is 4180. The lowest BCUT2D eigenvalue weighted by molar-refractivity contribution is 1.06. The van der Waals surface area contributed by atoms with Gasteiger partial charge in [0.1, 0.15) is 0 Å². The molecule has 2 heterocycles. The molecule has 0 aliphatic carbocycles. The zero-order valence-electron chi connectivity index (χ0n) is 42.2. The van der Waals surface area contributed by atoms with E-state index in [1.807, 2.05) is 97.1 Å². The zero-order chi connectivity index (χ0) is 52.4. The van der Waals surface area contributed by atoms with E-state index in [2.05, 4.69) is 197 Å². The van der Waals surface area contributed by atoms with Gasteiger partial charge in [-0.15, -0.1) is 0 Å². The van der Waals surface area contributed by atoms with E-state index in [0.717, 1.165) is 77.6 Å². The summed E-state index contributed by atoms with van der Waals surface area (Å²) in [7, 11) is -2.89. The second kappa shape index (κ2) is 20.3. The van der Waals surface area contributed by atoms with E-state index in [1.165, 1.54) is 20.7 Å². The van der Waals surface area contributed by atoms with E-state index in [9.17, 15) is 5.26 Å². The lowest BCUT2D eigenvalue weighted by Gasteiger charge is -2.34. The first kappa shape index (κ1) is 47.2. The molecule has 0 amide bonds. The van der Waals surface area contributed by atoms with Gasteiger partial charge < -0.3 is 4.57 Å².